The number of unbranched alkanes of at least 4 members (excludes halogenated alkanes) is 1. The minimum atomic E-state index is -1.08. The first-order chi connectivity index (χ1) is 24.4. The zero-order valence-corrected chi connectivity index (χ0v) is 28.1. The molecule has 2 aliphatic heterocycles. The highest BCUT2D eigenvalue weighted by atomic mass is 16.5. The maximum atomic E-state index is 13.2. The van der Waals surface area contributed by atoms with E-state index in [9.17, 15) is 15.0 Å². The molecule has 11 heteroatoms. The smallest absolute Gasteiger partial charge is 0.414 e. The van der Waals surface area contributed by atoms with E-state index < -0.39 is 23.2 Å². The number of aromatic amines is 1. The zero-order chi connectivity index (χ0) is 34.0. The van der Waals surface area contributed by atoms with Crippen LogP contribution in [0.25, 0.3) is 10.9 Å². The van der Waals surface area contributed by atoms with Gasteiger partial charge in [0.15, 0.2) is 17.6 Å². The van der Waals surface area contributed by atoms with Crippen LogP contribution in [0.2, 0.25) is 0 Å². The summed E-state index contributed by atoms with van der Waals surface area (Å²) in [6, 6.07) is 19.3. The minimum Gasteiger partial charge on any atom is -0.504 e. The van der Waals surface area contributed by atoms with Crippen LogP contribution in [-0.2, 0) is 29.6 Å². The Labute approximate surface area is 290 Å². The highest BCUT2D eigenvalue weighted by Gasteiger charge is 2.72. The molecule has 1 aromatic heterocycles. The van der Waals surface area contributed by atoms with E-state index in [0.717, 1.165) is 77.7 Å². The number of anilines is 1. The first kappa shape index (κ1) is 31.4. The van der Waals surface area contributed by atoms with Crippen LogP contribution in [0.4, 0.5) is 10.5 Å². The molecule has 1 saturated carbocycles. The highest BCUT2D eigenvalue weighted by molar-refractivity contribution is 6.03. The van der Waals surface area contributed by atoms with Crippen molar-refractivity contribution in [1.29, 1.82) is 0 Å². The molecule has 0 radical (unpaired) electrons. The summed E-state index contributed by atoms with van der Waals surface area (Å²) in [6.07, 6.45) is 5.03. The largest absolute Gasteiger partial charge is 0.504 e. The number of phenols is 1. The molecule has 7 N–H and O–H groups in total. The first-order valence-corrected chi connectivity index (χ1v) is 18.0. The maximum absolute atomic E-state index is 13.2. The van der Waals surface area contributed by atoms with E-state index in [1.165, 1.54) is 18.4 Å². The van der Waals surface area contributed by atoms with Crippen molar-refractivity contribution < 1.29 is 24.5 Å². The lowest BCUT2D eigenvalue weighted by atomic mass is 9.49. The molecule has 1 spiro atoms. The van der Waals surface area contributed by atoms with E-state index in [4.69, 9.17) is 15.2 Å². The predicted molar refractivity (Wildman–Crippen MR) is 190 cm³/mol. The molecule has 1 amide bonds. The van der Waals surface area contributed by atoms with Crippen molar-refractivity contribution in [3.8, 4) is 11.5 Å². The zero-order valence-electron chi connectivity index (χ0n) is 28.1. The van der Waals surface area contributed by atoms with Gasteiger partial charge < -0.3 is 35.7 Å². The number of nitrogens with zero attached hydrogens (tertiary/aromatic N) is 2. The van der Waals surface area contributed by atoms with Crippen LogP contribution >= 0.6 is 0 Å². The third-order valence-electron chi connectivity index (χ3n) is 11.7. The Balaban J connectivity index is 1.05. The summed E-state index contributed by atoms with van der Waals surface area (Å²) in [5, 5.41) is 31.3. The molecule has 0 unspecified atom stereocenters. The Morgan fingerprint density at radius 3 is 2.82 bits per heavy atom. The van der Waals surface area contributed by atoms with Gasteiger partial charge in [-0.05, 0) is 98.5 Å². The second-order valence-electron chi connectivity index (χ2n) is 14.7. The van der Waals surface area contributed by atoms with E-state index in [-0.39, 0.29) is 24.4 Å². The topological polar surface area (TPSA) is 157 Å². The van der Waals surface area contributed by atoms with Crippen LogP contribution in [-0.4, -0.2) is 70.0 Å². The number of piperidine rings is 1. The lowest BCUT2D eigenvalue weighted by molar-refractivity contribution is -0.173. The number of carbonyl (C=O) groups is 1. The number of H-pyrrole nitrogens is 1. The van der Waals surface area contributed by atoms with Gasteiger partial charge in [0, 0.05) is 47.7 Å². The van der Waals surface area contributed by atoms with Gasteiger partial charge in [-0.3, -0.25) is 15.2 Å². The number of amides is 1. The van der Waals surface area contributed by atoms with Crippen molar-refractivity contribution in [1.82, 2.24) is 15.2 Å². The molecule has 2 bridgehead atoms. The number of carbonyl (C=O) groups excluding carboxylic acids is 1. The number of likely N-dealkylation sites (tertiary alicyclic amines) is 1. The molecule has 11 nitrogen and oxygen atoms in total. The van der Waals surface area contributed by atoms with E-state index in [1.807, 2.05) is 54.6 Å². The van der Waals surface area contributed by atoms with Gasteiger partial charge in [-0.1, -0.05) is 36.4 Å². The molecule has 4 atom stereocenters. The van der Waals surface area contributed by atoms with Crippen molar-refractivity contribution in [3.05, 3.63) is 88.6 Å². The molecule has 4 aromatic rings. The van der Waals surface area contributed by atoms with Crippen molar-refractivity contribution in [2.24, 2.45) is 16.6 Å². The molecule has 9 rings (SSSR count). The van der Waals surface area contributed by atoms with Gasteiger partial charge in [-0.2, -0.15) is 0 Å². The van der Waals surface area contributed by atoms with Crippen molar-refractivity contribution in [2.45, 2.75) is 74.7 Å². The summed E-state index contributed by atoms with van der Waals surface area (Å²) in [5.41, 5.74) is 10.7. The van der Waals surface area contributed by atoms with Gasteiger partial charge >= 0.3 is 6.09 Å². The van der Waals surface area contributed by atoms with Crippen LogP contribution in [0.15, 0.2) is 65.7 Å². The van der Waals surface area contributed by atoms with E-state index in [2.05, 4.69) is 25.5 Å². The molecular weight excluding hydrogens is 632 g/mol. The summed E-state index contributed by atoms with van der Waals surface area (Å²) in [4.78, 5) is 23.7. The van der Waals surface area contributed by atoms with Crippen LogP contribution in [0.1, 0.15) is 66.2 Å². The Kier molecular flexibility index (Phi) is 7.56. The third kappa shape index (κ3) is 4.97. The van der Waals surface area contributed by atoms with Gasteiger partial charge in [0.2, 0.25) is 5.96 Å². The summed E-state index contributed by atoms with van der Waals surface area (Å²) < 4.78 is 12.2. The van der Waals surface area contributed by atoms with E-state index in [0.29, 0.717) is 31.2 Å². The Morgan fingerprint density at radius 1 is 1.14 bits per heavy atom. The lowest BCUT2D eigenvalue weighted by Gasteiger charge is -2.62. The standard InChI is InChI=1S/C39H44N6O5/c40-15-4-5-16-41-36(44-37(47)49-22-24-6-2-1-3-7-24)42-26-11-12-29-27(19-26)28-20-39(48)31-18-25-10-13-30(46)34-32(25)38(39,35(50-34)33(28)43-29)14-17-45(31)21-23-8-9-23/h1-3,6-7,10-13,19,23,31,35,43,46,48H,4-5,8-9,14-18,20-22,40H2,(H2,41,42,44,47)/t31-,35-,38-,39+/m0/s1. The van der Waals surface area contributed by atoms with Gasteiger partial charge in [-0.15, -0.1) is 0 Å². The molecule has 3 heterocycles. The van der Waals surface area contributed by atoms with Crippen LogP contribution < -0.4 is 21.1 Å². The SMILES string of the molecule is NCCCCN=C(NC(=O)OCc1ccccc1)Nc1ccc2[nH]c3c(c2c1)C[C@@]1(O)[C@@H]2Cc4ccc(O)c5c4[C@@]1(CCN2CC1CC1)[C@H]3O5. The molecule has 3 aliphatic carbocycles. The molecular formula is C39H44N6O5. The fourth-order valence-electron chi connectivity index (χ4n) is 9.25. The number of phenolic OH excluding ortho intramolecular Hbond substituents is 1. The quantitative estimate of drug-likeness (QED) is 0.0821. The number of guanidine groups is 1. The summed E-state index contributed by atoms with van der Waals surface area (Å²) in [5.74, 6) is 1.65. The van der Waals surface area contributed by atoms with Gasteiger partial charge in [-0.25, -0.2) is 4.79 Å². The van der Waals surface area contributed by atoms with Crippen LogP contribution in [0, 0.1) is 5.92 Å². The number of rotatable bonds is 9. The number of benzene rings is 3. The van der Waals surface area contributed by atoms with Gasteiger partial charge in [0.05, 0.1) is 16.7 Å². The van der Waals surface area contributed by atoms with E-state index in [1.54, 1.807) is 6.07 Å². The Bertz CT molecular complexity index is 1990. The second kappa shape index (κ2) is 12.0. The third-order valence-corrected chi connectivity index (χ3v) is 11.7. The number of nitrogens with one attached hydrogen (secondary N) is 3. The van der Waals surface area contributed by atoms with Crippen molar-refractivity contribution >= 4 is 28.6 Å². The number of aromatic nitrogens is 1. The van der Waals surface area contributed by atoms with Crippen molar-refractivity contribution in [3.63, 3.8) is 0 Å². The maximum Gasteiger partial charge on any atom is 0.414 e. The number of hydrogen-bond acceptors (Lipinski definition) is 8. The van der Waals surface area contributed by atoms with Crippen molar-refractivity contribution in [2.75, 3.05) is 31.5 Å². The average molecular weight is 677 g/mol. The van der Waals surface area contributed by atoms with Gasteiger partial charge in [0.1, 0.15) is 6.61 Å². The fraction of sp³-hybridized carbons (Fsp3) is 0.436. The summed E-state index contributed by atoms with van der Waals surface area (Å²) >= 11 is 0. The highest BCUT2D eigenvalue weighted by Crippen LogP contribution is 2.69. The number of alkyl carbamates (subject to hydrolysis) is 1. The predicted octanol–water partition coefficient (Wildman–Crippen LogP) is 5.01. The second-order valence-corrected chi connectivity index (χ2v) is 14.7. The lowest BCUT2D eigenvalue weighted by Crippen LogP contribution is -2.74. The number of aromatic hydroxyl groups is 1. The van der Waals surface area contributed by atoms with Gasteiger partial charge in [0.25, 0.3) is 0 Å². The monoisotopic (exact) mass is 676 g/mol. The number of hydrogen-bond donors (Lipinski definition) is 6. The molecule has 50 heavy (non-hydrogen) atoms. The van der Waals surface area contributed by atoms with E-state index >= 15 is 0 Å². The minimum absolute atomic E-state index is 0.0521. The summed E-state index contributed by atoms with van der Waals surface area (Å²) in [6.45, 7) is 3.12. The van der Waals surface area contributed by atoms with Crippen LogP contribution in [0.3, 0.4) is 0 Å². The number of ether oxygens (including phenoxy) is 2. The molecule has 260 valence electrons. The molecule has 3 aromatic carbocycles. The normalized spacial score (nSPS) is 26.2. The first-order valence-electron chi connectivity index (χ1n) is 18.0. The Morgan fingerprint density at radius 2 is 2.00 bits per heavy atom. The summed E-state index contributed by atoms with van der Waals surface area (Å²) in [7, 11) is 0. The number of aliphatic hydroxyl groups is 1. The Hall–Kier alpha value is -4.58. The number of nitrogens with two attached hydrogens (primary N) is 1. The average Bonchev–Trinajstić information content (AvgIpc) is 3.76. The number of aliphatic imine (C=N–C) groups is 1. The fourth-order valence-corrected chi connectivity index (χ4v) is 9.25. The number of fused-ring (bicyclic) bond motifs is 4. The van der Waals surface area contributed by atoms with Crippen LogP contribution in [0.5, 0.6) is 11.5 Å². The molecule has 2 fully saturated rings. The molecule has 1 saturated heterocycles. The molecule has 5 aliphatic rings.